The van der Waals surface area contributed by atoms with Gasteiger partial charge in [0.1, 0.15) is 6.10 Å². The standard InChI is InChI=1S/C17H19NO2S/c1-11(12-6-7-12)8-17(20)18-10-14(19)16-9-13-4-2-3-5-15(13)21-16/h2-5,8-9,12,14,19H,6-7,10H2,1H3,(H,18,20)/b11-8-. The van der Waals surface area contributed by atoms with Gasteiger partial charge in [0.15, 0.2) is 0 Å². The number of aliphatic hydroxyl groups is 1. The third-order valence-corrected chi connectivity index (χ3v) is 5.04. The Morgan fingerprint density at radius 3 is 2.95 bits per heavy atom. The Morgan fingerprint density at radius 1 is 1.48 bits per heavy atom. The van der Waals surface area contributed by atoms with Crippen LogP contribution in [0.5, 0.6) is 0 Å². The fourth-order valence-electron chi connectivity index (χ4n) is 2.38. The van der Waals surface area contributed by atoms with Crippen molar-refractivity contribution in [1.29, 1.82) is 0 Å². The Hall–Kier alpha value is -1.65. The summed E-state index contributed by atoms with van der Waals surface area (Å²) in [5, 5.41) is 14.1. The molecule has 2 aromatic rings. The molecule has 2 N–H and O–H groups in total. The van der Waals surface area contributed by atoms with Crippen LogP contribution in [0.1, 0.15) is 30.7 Å². The molecule has 1 saturated carbocycles. The molecule has 1 amide bonds. The molecular formula is C17H19NO2S. The van der Waals surface area contributed by atoms with Crippen molar-refractivity contribution in [2.24, 2.45) is 5.92 Å². The minimum atomic E-state index is -0.652. The van der Waals surface area contributed by atoms with Gasteiger partial charge in [0.05, 0.1) is 0 Å². The van der Waals surface area contributed by atoms with Gasteiger partial charge in [-0.2, -0.15) is 0 Å². The normalized spacial score (nSPS) is 17.0. The Labute approximate surface area is 128 Å². The van der Waals surface area contributed by atoms with Crippen LogP contribution in [0.15, 0.2) is 42.0 Å². The average Bonchev–Trinajstić information content (AvgIpc) is 3.23. The van der Waals surface area contributed by atoms with Crippen molar-refractivity contribution in [3.8, 4) is 0 Å². The number of carbonyl (C=O) groups is 1. The van der Waals surface area contributed by atoms with Crippen molar-refractivity contribution in [2.45, 2.75) is 25.9 Å². The lowest BCUT2D eigenvalue weighted by Gasteiger charge is -2.09. The van der Waals surface area contributed by atoms with Gasteiger partial charge < -0.3 is 10.4 Å². The Balaban J connectivity index is 1.59. The van der Waals surface area contributed by atoms with Crippen molar-refractivity contribution in [3.63, 3.8) is 0 Å². The number of aliphatic hydroxyl groups excluding tert-OH is 1. The molecule has 4 heteroatoms. The summed E-state index contributed by atoms with van der Waals surface area (Å²) < 4.78 is 1.15. The highest BCUT2D eigenvalue weighted by Gasteiger charge is 2.23. The molecule has 0 saturated heterocycles. The zero-order valence-electron chi connectivity index (χ0n) is 12.0. The van der Waals surface area contributed by atoms with Crippen molar-refractivity contribution >= 4 is 27.3 Å². The van der Waals surface area contributed by atoms with E-state index in [1.54, 1.807) is 17.4 Å². The summed E-state index contributed by atoms with van der Waals surface area (Å²) in [4.78, 5) is 12.7. The second kappa shape index (κ2) is 6.00. The smallest absolute Gasteiger partial charge is 0.244 e. The zero-order valence-corrected chi connectivity index (χ0v) is 12.8. The van der Waals surface area contributed by atoms with Gasteiger partial charge in [-0.05, 0) is 43.2 Å². The number of rotatable bonds is 5. The van der Waals surface area contributed by atoms with E-state index in [1.807, 2.05) is 37.3 Å². The summed E-state index contributed by atoms with van der Waals surface area (Å²) in [6.45, 7) is 2.25. The lowest BCUT2D eigenvalue weighted by molar-refractivity contribution is -0.117. The van der Waals surface area contributed by atoms with Crippen molar-refractivity contribution in [2.75, 3.05) is 6.54 Å². The van der Waals surface area contributed by atoms with Crippen LogP contribution in [-0.2, 0) is 4.79 Å². The first-order chi connectivity index (χ1) is 10.1. The van der Waals surface area contributed by atoms with E-state index in [0.717, 1.165) is 20.5 Å². The summed E-state index contributed by atoms with van der Waals surface area (Å²) in [5.74, 6) is 0.489. The van der Waals surface area contributed by atoms with Gasteiger partial charge in [-0.3, -0.25) is 4.79 Å². The molecule has 0 aliphatic heterocycles. The summed E-state index contributed by atoms with van der Waals surface area (Å²) in [6, 6.07) is 10.0. The Morgan fingerprint density at radius 2 is 2.24 bits per heavy atom. The van der Waals surface area contributed by atoms with E-state index >= 15 is 0 Å². The summed E-state index contributed by atoms with van der Waals surface area (Å²) in [5.41, 5.74) is 1.14. The van der Waals surface area contributed by atoms with Crippen LogP contribution >= 0.6 is 11.3 Å². The van der Waals surface area contributed by atoms with Gasteiger partial charge in [-0.25, -0.2) is 0 Å². The molecule has 1 aliphatic carbocycles. The first-order valence-corrected chi connectivity index (χ1v) is 8.07. The summed E-state index contributed by atoms with van der Waals surface area (Å²) in [7, 11) is 0. The van der Waals surface area contributed by atoms with Gasteiger partial charge in [-0.15, -0.1) is 11.3 Å². The van der Waals surface area contributed by atoms with Crippen LogP contribution in [0.3, 0.4) is 0 Å². The van der Waals surface area contributed by atoms with E-state index in [-0.39, 0.29) is 12.5 Å². The molecule has 1 aromatic carbocycles. The molecule has 1 fully saturated rings. The number of amides is 1. The molecule has 3 rings (SSSR count). The summed E-state index contributed by atoms with van der Waals surface area (Å²) in [6.07, 6.45) is 3.40. The second-order valence-corrected chi connectivity index (χ2v) is 6.73. The number of allylic oxidation sites excluding steroid dienone is 1. The van der Waals surface area contributed by atoms with E-state index in [1.165, 1.54) is 12.8 Å². The molecule has 21 heavy (non-hydrogen) atoms. The van der Waals surface area contributed by atoms with Crippen LogP contribution in [0.25, 0.3) is 10.1 Å². The number of benzene rings is 1. The van der Waals surface area contributed by atoms with Gasteiger partial charge in [0.25, 0.3) is 0 Å². The second-order valence-electron chi connectivity index (χ2n) is 5.61. The van der Waals surface area contributed by atoms with Gasteiger partial charge >= 0.3 is 0 Å². The maximum absolute atomic E-state index is 11.8. The lowest BCUT2D eigenvalue weighted by atomic mass is 10.2. The van der Waals surface area contributed by atoms with Crippen LogP contribution in [0.2, 0.25) is 0 Å². The third-order valence-electron chi connectivity index (χ3n) is 3.82. The lowest BCUT2D eigenvalue weighted by Crippen LogP contribution is -2.26. The van der Waals surface area contributed by atoms with E-state index in [9.17, 15) is 9.90 Å². The zero-order chi connectivity index (χ0) is 14.8. The SMILES string of the molecule is C/C(=C/C(=O)NCC(O)c1cc2ccccc2s1)C1CC1. The predicted molar refractivity (Wildman–Crippen MR) is 86.3 cm³/mol. The van der Waals surface area contributed by atoms with Crippen LogP contribution in [-0.4, -0.2) is 17.6 Å². The highest BCUT2D eigenvalue weighted by atomic mass is 32.1. The maximum atomic E-state index is 11.8. The highest BCUT2D eigenvalue weighted by Crippen LogP contribution is 2.35. The van der Waals surface area contributed by atoms with Gasteiger partial charge in [-0.1, -0.05) is 23.8 Å². The molecule has 110 valence electrons. The third kappa shape index (κ3) is 3.52. The number of hydrogen-bond donors (Lipinski definition) is 2. The van der Waals surface area contributed by atoms with Crippen LogP contribution < -0.4 is 5.32 Å². The van der Waals surface area contributed by atoms with E-state index in [4.69, 9.17) is 0 Å². The summed E-state index contributed by atoms with van der Waals surface area (Å²) >= 11 is 1.57. The first kappa shape index (κ1) is 14.3. The largest absolute Gasteiger partial charge is 0.386 e. The maximum Gasteiger partial charge on any atom is 0.244 e. The quantitative estimate of drug-likeness (QED) is 0.832. The Kier molecular flexibility index (Phi) is 4.08. The molecule has 0 spiro atoms. The molecule has 1 aliphatic rings. The monoisotopic (exact) mass is 301 g/mol. The minimum Gasteiger partial charge on any atom is -0.386 e. The molecule has 3 nitrogen and oxygen atoms in total. The molecule has 0 bridgehead atoms. The van der Waals surface area contributed by atoms with Gasteiger partial charge in [0, 0.05) is 22.2 Å². The van der Waals surface area contributed by atoms with Crippen LogP contribution in [0.4, 0.5) is 0 Å². The molecule has 0 radical (unpaired) electrons. The molecule has 1 heterocycles. The number of hydrogen-bond acceptors (Lipinski definition) is 3. The van der Waals surface area contributed by atoms with E-state index in [0.29, 0.717) is 5.92 Å². The van der Waals surface area contributed by atoms with Gasteiger partial charge in [0.2, 0.25) is 5.91 Å². The highest BCUT2D eigenvalue weighted by molar-refractivity contribution is 7.19. The molecular weight excluding hydrogens is 282 g/mol. The number of nitrogens with one attached hydrogen (secondary N) is 1. The van der Waals surface area contributed by atoms with E-state index in [2.05, 4.69) is 5.32 Å². The molecule has 1 aromatic heterocycles. The number of thiophene rings is 1. The minimum absolute atomic E-state index is 0.112. The number of fused-ring (bicyclic) bond motifs is 1. The molecule has 1 unspecified atom stereocenters. The number of carbonyl (C=O) groups excluding carboxylic acids is 1. The van der Waals surface area contributed by atoms with Crippen LogP contribution in [0, 0.1) is 5.92 Å². The van der Waals surface area contributed by atoms with Crippen molar-refractivity contribution in [3.05, 3.63) is 46.9 Å². The fourth-order valence-corrected chi connectivity index (χ4v) is 3.43. The Bertz CT molecular complexity index is 652. The first-order valence-electron chi connectivity index (χ1n) is 7.26. The van der Waals surface area contributed by atoms with Crippen molar-refractivity contribution in [1.82, 2.24) is 5.32 Å². The predicted octanol–water partition coefficient (Wildman–Crippen LogP) is 3.41. The van der Waals surface area contributed by atoms with Crippen molar-refractivity contribution < 1.29 is 9.90 Å². The fraction of sp³-hybridized carbons (Fsp3) is 0.353. The molecule has 1 atom stereocenters. The topological polar surface area (TPSA) is 49.3 Å². The van der Waals surface area contributed by atoms with E-state index < -0.39 is 6.10 Å². The average molecular weight is 301 g/mol.